The fourth-order valence-electron chi connectivity index (χ4n) is 3.93. The molecule has 170 valence electrons. The second kappa shape index (κ2) is 11.0. The Morgan fingerprint density at radius 2 is 1.67 bits per heavy atom. The van der Waals surface area contributed by atoms with Gasteiger partial charge in [0.05, 0.1) is 0 Å². The third kappa shape index (κ3) is 5.60. The monoisotopic (exact) mass is 446 g/mol. The number of ether oxygens (including phenoxy) is 1. The largest absolute Gasteiger partial charge is 0.480 e. The lowest BCUT2D eigenvalue weighted by atomic mass is 9.98. The zero-order valence-corrected chi connectivity index (χ0v) is 18.1. The van der Waals surface area contributed by atoms with Crippen LogP contribution in [0.4, 0.5) is 4.79 Å². The van der Waals surface area contributed by atoms with Crippen molar-refractivity contribution in [2.45, 2.75) is 37.3 Å². The van der Waals surface area contributed by atoms with Gasteiger partial charge in [-0.2, -0.15) is 0 Å². The van der Waals surface area contributed by atoms with Crippen LogP contribution in [0.3, 0.4) is 0 Å². The summed E-state index contributed by atoms with van der Waals surface area (Å²) in [6, 6.07) is 13.7. The number of carbonyl (C=O) groups is 3. The molecule has 0 heterocycles. The van der Waals surface area contributed by atoms with Crippen molar-refractivity contribution in [1.29, 1.82) is 0 Å². The molecular formula is C26H26N2O5. The van der Waals surface area contributed by atoms with Gasteiger partial charge in [0, 0.05) is 12.3 Å². The van der Waals surface area contributed by atoms with E-state index < -0.39 is 30.1 Å². The number of amides is 2. The molecule has 0 saturated heterocycles. The van der Waals surface area contributed by atoms with Gasteiger partial charge in [0.15, 0.2) is 0 Å². The number of alkyl carbamates (subject to hydrolysis) is 1. The Balaban J connectivity index is 1.66. The Hall–Kier alpha value is -4.05. The highest BCUT2D eigenvalue weighted by molar-refractivity contribution is 5.89. The van der Waals surface area contributed by atoms with E-state index in [1.807, 2.05) is 48.5 Å². The van der Waals surface area contributed by atoms with Crippen LogP contribution in [0.25, 0.3) is 11.1 Å². The molecule has 2 aromatic carbocycles. The Labute approximate surface area is 192 Å². The molecule has 1 aliphatic carbocycles. The van der Waals surface area contributed by atoms with Crippen LogP contribution in [0.15, 0.2) is 61.2 Å². The molecule has 0 bridgehead atoms. The molecule has 0 radical (unpaired) electrons. The van der Waals surface area contributed by atoms with E-state index in [0.29, 0.717) is 6.42 Å². The van der Waals surface area contributed by atoms with E-state index in [4.69, 9.17) is 11.2 Å². The normalized spacial score (nSPS) is 13.5. The molecule has 33 heavy (non-hydrogen) atoms. The number of carboxylic acid groups (broad SMARTS) is 1. The summed E-state index contributed by atoms with van der Waals surface area (Å²) in [5.41, 5.74) is 4.37. The zero-order chi connectivity index (χ0) is 23.8. The summed E-state index contributed by atoms with van der Waals surface area (Å²) >= 11 is 0. The van der Waals surface area contributed by atoms with Crippen LogP contribution in [0.5, 0.6) is 0 Å². The predicted octanol–water partition coefficient (Wildman–Crippen LogP) is 3.45. The summed E-state index contributed by atoms with van der Waals surface area (Å²) in [7, 11) is 0. The number of allylic oxidation sites excluding steroid dienone is 1. The Kier molecular flexibility index (Phi) is 7.87. The number of aliphatic carboxylic acids is 1. The molecule has 1 aliphatic rings. The Morgan fingerprint density at radius 3 is 2.21 bits per heavy atom. The first-order valence-corrected chi connectivity index (χ1v) is 10.6. The average Bonchev–Trinajstić information content (AvgIpc) is 3.13. The maximum Gasteiger partial charge on any atom is 0.407 e. The van der Waals surface area contributed by atoms with Gasteiger partial charge in [-0.1, -0.05) is 54.6 Å². The molecule has 7 nitrogen and oxygen atoms in total. The lowest BCUT2D eigenvalue weighted by molar-refractivity contribution is -0.141. The van der Waals surface area contributed by atoms with E-state index in [0.717, 1.165) is 22.3 Å². The Morgan fingerprint density at radius 1 is 1.06 bits per heavy atom. The number of terminal acetylenes is 1. The average molecular weight is 447 g/mol. The minimum absolute atomic E-state index is 0.102. The number of benzene rings is 2. The van der Waals surface area contributed by atoms with Crippen molar-refractivity contribution < 1.29 is 24.2 Å². The van der Waals surface area contributed by atoms with Gasteiger partial charge >= 0.3 is 12.1 Å². The van der Waals surface area contributed by atoms with E-state index in [1.54, 1.807) is 6.08 Å². The fraction of sp³-hybridized carbons (Fsp3) is 0.269. The molecule has 2 unspecified atom stereocenters. The lowest BCUT2D eigenvalue weighted by Gasteiger charge is -2.21. The summed E-state index contributed by atoms with van der Waals surface area (Å²) in [5, 5.41) is 14.1. The highest BCUT2D eigenvalue weighted by Gasteiger charge is 2.30. The van der Waals surface area contributed by atoms with Crippen LogP contribution in [-0.4, -0.2) is 41.8 Å². The number of hydrogen-bond donors (Lipinski definition) is 3. The standard InChI is InChI=1S/C26H26N2O5/c1-3-5-15-22(24(29)27-23(10-4-2)25(30)31)28-26(32)33-16-21-19-13-8-6-11-17(19)18-12-7-9-14-20(18)21/h2-3,6-9,11-14,21-23H,1,5,10,15-16H2,(H,27,29)(H,28,32)(H,30,31). The molecule has 0 spiro atoms. The van der Waals surface area contributed by atoms with Crippen LogP contribution >= 0.6 is 0 Å². The van der Waals surface area contributed by atoms with Gasteiger partial charge in [-0.25, -0.2) is 9.59 Å². The second-order valence-electron chi connectivity index (χ2n) is 7.70. The minimum atomic E-state index is -1.25. The smallest absolute Gasteiger partial charge is 0.407 e. The first-order chi connectivity index (χ1) is 16.0. The molecule has 2 aromatic rings. The van der Waals surface area contributed by atoms with Crippen LogP contribution in [-0.2, 0) is 14.3 Å². The van der Waals surface area contributed by atoms with Gasteiger partial charge in [-0.3, -0.25) is 4.79 Å². The number of carboxylic acids is 1. The molecule has 7 heteroatoms. The van der Waals surface area contributed by atoms with Crippen LogP contribution in [0.2, 0.25) is 0 Å². The van der Waals surface area contributed by atoms with Crippen molar-refractivity contribution in [3.05, 3.63) is 72.3 Å². The summed E-state index contributed by atoms with van der Waals surface area (Å²) < 4.78 is 5.50. The maximum absolute atomic E-state index is 12.6. The van der Waals surface area contributed by atoms with E-state index in [9.17, 15) is 19.5 Å². The van der Waals surface area contributed by atoms with E-state index in [-0.39, 0.29) is 25.4 Å². The Bertz CT molecular complexity index is 1040. The first kappa shape index (κ1) is 23.6. The summed E-state index contributed by atoms with van der Waals surface area (Å²) in [6.07, 6.45) is 6.54. The summed E-state index contributed by atoms with van der Waals surface area (Å²) in [4.78, 5) is 36.5. The van der Waals surface area contributed by atoms with Crippen molar-refractivity contribution in [1.82, 2.24) is 10.6 Å². The van der Waals surface area contributed by atoms with E-state index in [2.05, 4.69) is 23.1 Å². The van der Waals surface area contributed by atoms with Crippen molar-refractivity contribution in [2.75, 3.05) is 6.61 Å². The van der Waals surface area contributed by atoms with Crippen LogP contribution in [0, 0.1) is 12.3 Å². The maximum atomic E-state index is 12.6. The topological polar surface area (TPSA) is 105 Å². The highest BCUT2D eigenvalue weighted by Crippen LogP contribution is 2.44. The zero-order valence-electron chi connectivity index (χ0n) is 18.1. The number of carbonyl (C=O) groups excluding carboxylic acids is 2. The van der Waals surface area contributed by atoms with Crippen LogP contribution < -0.4 is 10.6 Å². The van der Waals surface area contributed by atoms with Gasteiger partial charge in [0.25, 0.3) is 0 Å². The minimum Gasteiger partial charge on any atom is -0.480 e. The number of fused-ring (bicyclic) bond motifs is 3. The molecule has 0 saturated carbocycles. The van der Waals surface area contributed by atoms with Crippen molar-refractivity contribution in [3.8, 4) is 23.5 Å². The first-order valence-electron chi connectivity index (χ1n) is 10.6. The predicted molar refractivity (Wildman–Crippen MR) is 124 cm³/mol. The third-order valence-electron chi connectivity index (χ3n) is 5.55. The second-order valence-corrected chi connectivity index (χ2v) is 7.70. The van der Waals surface area contributed by atoms with Gasteiger partial charge < -0.3 is 20.5 Å². The molecule has 0 aromatic heterocycles. The highest BCUT2D eigenvalue weighted by atomic mass is 16.5. The van der Waals surface area contributed by atoms with Crippen LogP contribution in [0.1, 0.15) is 36.3 Å². The number of nitrogens with one attached hydrogen (secondary N) is 2. The SMILES string of the molecule is C#CCC(NC(=O)C(CCC=C)NC(=O)OCC1c2ccccc2-c2ccccc21)C(=O)O. The lowest BCUT2D eigenvalue weighted by Crippen LogP contribution is -2.51. The summed E-state index contributed by atoms with van der Waals surface area (Å²) in [6.45, 7) is 3.73. The fourth-order valence-corrected chi connectivity index (χ4v) is 3.93. The van der Waals surface area contributed by atoms with Gasteiger partial charge in [0.1, 0.15) is 18.7 Å². The van der Waals surface area contributed by atoms with Gasteiger partial charge in [-0.05, 0) is 35.1 Å². The molecule has 3 rings (SSSR count). The van der Waals surface area contributed by atoms with Crippen molar-refractivity contribution >= 4 is 18.0 Å². The molecule has 2 atom stereocenters. The molecule has 0 fully saturated rings. The van der Waals surface area contributed by atoms with Crippen molar-refractivity contribution in [2.24, 2.45) is 0 Å². The third-order valence-corrected chi connectivity index (χ3v) is 5.55. The quantitative estimate of drug-likeness (QED) is 0.383. The molecule has 3 N–H and O–H groups in total. The van der Waals surface area contributed by atoms with E-state index in [1.165, 1.54) is 0 Å². The molecule has 2 amide bonds. The number of hydrogen-bond acceptors (Lipinski definition) is 4. The molecule has 0 aliphatic heterocycles. The molecular weight excluding hydrogens is 420 g/mol. The van der Waals surface area contributed by atoms with Gasteiger partial charge in [0.2, 0.25) is 5.91 Å². The van der Waals surface area contributed by atoms with E-state index >= 15 is 0 Å². The van der Waals surface area contributed by atoms with Gasteiger partial charge in [-0.15, -0.1) is 18.9 Å². The number of rotatable bonds is 10. The summed E-state index contributed by atoms with van der Waals surface area (Å²) in [5.74, 6) is 0.215. The van der Waals surface area contributed by atoms with Crippen molar-refractivity contribution in [3.63, 3.8) is 0 Å².